The van der Waals surface area contributed by atoms with E-state index in [2.05, 4.69) is 41.6 Å². The number of benzene rings is 2. The molecular formula is C20H24NO2+. The van der Waals surface area contributed by atoms with Gasteiger partial charge in [0.05, 0.1) is 13.2 Å². The summed E-state index contributed by atoms with van der Waals surface area (Å²) in [6, 6.07) is 16.6. The van der Waals surface area contributed by atoms with Crippen molar-refractivity contribution >= 4 is 0 Å². The number of terminal acetylenes is 1. The molecular weight excluding hydrogens is 286 g/mol. The first-order valence-electron chi connectivity index (χ1n) is 8.01. The third kappa shape index (κ3) is 5.69. The molecule has 0 amide bonds. The van der Waals surface area contributed by atoms with Gasteiger partial charge in [0, 0.05) is 12.0 Å². The van der Waals surface area contributed by atoms with Crippen LogP contribution in [0.4, 0.5) is 0 Å². The van der Waals surface area contributed by atoms with Gasteiger partial charge in [-0.25, -0.2) is 0 Å². The van der Waals surface area contributed by atoms with Gasteiger partial charge in [0.15, 0.2) is 11.5 Å². The summed E-state index contributed by atoms with van der Waals surface area (Å²) < 4.78 is 11.1. The van der Waals surface area contributed by atoms with Crippen molar-refractivity contribution in [1.82, 2.24) is 0 Å². The predicted octanol–water partition coefficient (Wildman–Crippen LogP) is 2.40. The van der Waals surface area contributed by atoms with Crippen molar-refractivity contribution in [2.75, 3.05) is 19.8 Å². The van der Waals surface area contributed by atoms with E-state index in [0.717, 1.165) is 25.3 Å². The molecule has 0 aromatic heterocycles. The molecule has 0 fully saturated rings. The van der Waals surface area contributed by atoms with Crippen molar-refractivity contribution in [2.45, 2.75) is 19.9 Å². The molecule has 0 atom stereocenters. The molecule has 2 aromatic rings. The maximum Gasteiger partial charge on any atom is 0.162 e. The average Bonchev–Trinajstić information content (AvgIpc) is 2.59. The minimum absolute atomic E-state index is 0.253. The van der Waals surface area contributed by atoms with Crippen LogP contribution in [0.15, 0.2) is 48.5 Å². The van der Waals surface area contributed by atoms with Crippen LogP contribution in [0.3, 0.4) is 0 Å². The minimum Gasteiger partial charge on any atom is -0.490 e. The van der Waals surface area contributed by atoms with Gasteiger partial charge in [-0.05, 0) is 30.7 Å². The molecule has 3 nitrogen and oxygen atoms in total. The van der Waals surface area contributed by atoms with Gasteiger partial charge in [-0.3, -0.25) is 0 Å². The maximum absolute atomic E-state index is 5.64. The van der Waals surface area contributed by atoms with Gasteiger partial charge in [0.1, 0.15) is 13.2 Å². The zero-order valence-electron chi connectivity index (χ0n) is 13.6. The van der Waals surface area contributed by atoms with Crippen molar-refractivity contribution in [3.63, 3.8) is 0 Å². The van der Waals surface area contributed by atoms with E-state index < -0.39 is 0 Å². The van der Waals surface area contributed by atoms with Gasteiger partial charge in [-0.15, -0.1) is 6.42 Å². The van der Waals surface area contributed by atoms with E-state index in [1.165, 1.54) is 11.1 Å². The highest BCUT2D eigenvalue weighted by Gasteiger charge is 2.07. The molecule has 0 heterocycles. The molecule has 0 saturated heterocycles. The second-order valence-electron chi connectivity index (χ2n) is 5.22. The van der Waals surface area contributed by atoms with E-state index in [-0.39, 0.29) is 6.61 Å². The van der Waals surface area contributed by atoms with Crippen LogP contribution in [0.25, 0.3) is 0 Å². The van der Waals surface area contributed by atoms with Gasteiger partial charge >= 0.3 is 0 Å². The summed E-state index contributed by atoms with van der Waals surface area (Å²) in [4.78, 5) is 0. The van der Waals surface area contributed by atoms with Crippen LogP contribution in [0.2, 0.25) is 0 Å². The first-order valence-corrected chi connectivity index (χ1v) is 8.01. The monoisotopic (exact) mass is 310 g/mol. The Kier molecular flexibility index (Phi) is 7.03. The van der Waals surface area contributed by atoms with Gasteiger partial charge < -0.3 is 14.8 Å². The summed E-state index contributed by atoms with van der Waals surface area (Å²) in [5.74, 6) is 3.94. The molecule has 0 aliphatic heterocycles. The van der Waals surface area contributed by atoms with Gasteiger partial charge in [-0.1, -0.05) is 36.3 Å². The zero-order chi connectivity index (χ0) is 16.3. The molecule has 2 N–H and O–H groups in total. The summed E-state index contributed by atoms with van der Waals surface area (Å²) in [7, 11) is 0. The van der Waals surface area contributed by atoms with E-state index in [0.29, 0.717) is 12.4 Å². The number of rotatable bonds is 9. The van der Waals surface area contributed by atoms with Crippen LogP contribution in [-0.4, -0.2) is 19.8 Å². The van der Waals surface area contributed by atoms with Crippen molar-refractivity contribution in [3.05, 3.63) is 59.7 Å². The Hall–Kier alpha value is -2.44. The molecule has 0 unspecified atom stereocenters. The number of ether oxygens (including phenoxy) is 2. The van der Waals surface area contributed by atoms with Gasteiger partial charge in [-0.2, -0.15) is 0 Å². The predicted molar refractivity (Wildman–Crippen MR) is 92.6 cm³/mol. The largest absolute Gasteiger partial charge is 0.490 e. The molecule has 120 valence electrons. The molecule has 0 aliphatic rings. The highest BCUT2D eigenvalue weighted by Crippen LogP contribution is 2.28. The van der Waals surface area contributed by atoms with Crippen LogP contribution < -0.4 is 14.8 Å². The second kappa shape index (κ2) is 9.55. The molecule has 0 saturated carbocycles. The Labute approximate surface area is 138 Å². The highest BCUT2D eigenvalue weighted by atomic mass is 16.5. The lowest BCUT2D eigenvalue weighted by Crippen LogP contribution is -2.83. The second-order valence-corrected chi connectivity index (χ2v) is 5.22. The molecule has 3 heteroatoms. The van der Waals surface area contributed by atoms with E-state index in [4.69, 9.17) is 15.9 Å². The van der Waals surface area contributed by atoms with E-state index in [1.54, 1.807) is 0 Å². The fourth-order valence-corrected chi connectivity index (χ4v) is 2.37. The van der Waals surface area contributed by atoms with Crippen LogP contribution in [0.1, 0.15) is 18.1 Å². The molecule has 0 aliphatic carbocycles. The smallest absolute Gasteiger partial charge is 0.162 e. The van der Waals surface area contributed by atoms with Crippen molar-refractivity contribution in [1.29, 1.82) is 0 Å². The lowest BCUT2D eigenvalue weighted by molar-refractivity contribution is -0.670. The number of quaternary nitrogens is 1. The van der Waals surface area contributed by atoms with E-state index in [1.807, 2.05) is 25.1 Å². The zero-order valence-corrected chi connectivity index (χ0v) is 13.6. The molecule has 0 bridgehead atoms. The minimum atomic E-state index is 0.253. The summed E-state index contributed by atoms with van der Waals surface area (Å²) in [5.41, 5.74) is 2.59. The van der Waals surface area contributed by atoms with Crippen molar-refractivity contribution < 1.29 is 14.8 Å². The lowest BCUT2D eigenvalue weighted by atomic mass is 10.1. The average molecular weight is 310 g/mol. The third-order valence-corrected chi connectivity index (χ3v) is 3.48. The first-order chi connectivity index (χ1) is 11.3. The summed E-state index contributed by atoms with van der Waals surface area (Å²) in [5, 5.41) is 2.31. The molecule has 0 spiro atoms. The number of hydrogen-bond acceptors (Lipinski definition) is 2. The van der Waals surface area contributed by atoms with E-state index >= 15 is 0 Å². The molecule has 23 heavy (non-hydrogen) atoms. The maximum atomic E-state index is 5.64. The molecule has 0 radical (unpaired) electrons. The van der Waals surface area contributed by atoms with Crippen molar-refractivity contribution in [2.24, 2.45) is 0 Å². The molecule has 2 aromatic carbocycles. The van der Waals surface area contributed by atoms with Crippen LogP contribution in [0.5, 0.6) is 11.5 Å². The fourth-order valence-electron chi connectivity index (χ4n) is 2.37. The van der Waals surface area contributed by atoms with Gasteiger partial charge in [0.2, 0.25) is 0 Å². The Morgan fingerprint density at radius 3 is 2.57 bits per heavy atom. The Bertz CT molecular complexity index is 632. The van der Waals surface area contributed by atoms with Crippen LogP contribution >= 0.6 is 0 Å². The fraction of sp³-hybridized carbons (Fsp3) is 0.300. The van der Waals surface area contributed by atoms with Crippen LogP contribution in [-0.2, 0) is 13.0 Å². The van der Waals surface area contributed by atoms with Crippen LogP contribution in [0, 0.1) is 12.3 Å². The number of nitrogens with two attached hydrogens (primary N) is 1. The summed E-state index contributed by atoms with van der Waals surface area (Å²) >= 11 is 0. The Morgan fingerprint density at radius 2 is 1.83 bits per heavy atom. The topological polar surface area (TPSA) is 35.1 Å². The Balaban J connectivity index is 1.87. The highest BCUT2D eigenvalue weighted by molar-refractivity contribution is 5.43. The Morgan fingerprint density at radius 1 is 1.00 bits per heavy atom. The van der Waals surface area contributed by atoms with Crippen molar-refractivity contribution in [3.8, 4) is 23.8 Å². The quantitative estimate of drug-likeness (QED) is 0.570. The summed E-state index contributed by atoms with van der Waals surface area (Å²) in [6.45, 7) is 4.80. The van der Waals surface area contributed by atoms with Gasteiger partial charge in [0.25, 0.3) is 0 Å². The normalized spacial score (nSPS) is 10.1. The lowest BCUT2D eigenvalue weighted by Gasteiger charge is -2.11. The summed E-state index contributed by atoms with van der Waals surface area (Å²) in [6.07, 6.45) is 6.31. The molecule has 2 rings (SSSR count). The SMILES string of the molecule is C#CCOc1ccc(C[NH2+]CCc2ccccc2)cc1OCC. The number of hydrogen-bond donors (Lipinski definition) is 1. The first kappa shape index (κ1) is 16.9. The third-order valence-electron chi connectivity index (χ3n) is 3.48. The standard InChI is InChI=1S/C20H23NO2/c1-3-14-23-19-11-10-18(15-20(19)22-4-2)16-21-13-12-17-8-6-5-7-9-17/h1,5-11,15,21H,4,12-14,16H2,2H3/p+1. The van der Waals surface area contributed by atoms with E-state index in [9.17, 15) is 0 Å².